The quantitative estimate of drug-likeness (QED) is 0.683. The summed E-state index contributed by atoms with van der Waals surface area (Å²) in [5.41, 5.74) is 1.09. The first-order chi connectivity index (χ1) is 7.83. The summed E-state index contributed by atoms with van der Waals surface area (Å²) < 4.78 is 0. The number of unbranched alkanes of at least 4 members (excludes halogenated alkanes) is 2. The minimum absolute atomic E-state index is 0.862. The van der Waals surface area contributed by atoms with Crippen molar-refractivity contribution < 1.29 is 0 Å². The average Bonchev–Trinajstić information content (AvgIpc) is 2.33. The largest absolute Gasteiger partial charge is 0.389 e. The van der Waals surface area contributed by atoms with Gasteiger partial charge in [0.1, 0.15) is 5.82 Å². The second-order valence-corrected chi connectivity index (χ2v) is 3.90. The van der Waals surface area contributed by atoms with Crippen LogP contribution in [0.2, 0.25) is 0 Å². The summed E-state index contributed by atoms with van der Waals surface area (Å²) in [6.45, 7) is 7.24. The molecule has 1 aromatic heterocycles. The van der Waals surface area contributed by atoms with E-state index in [0.717, 1.165) is 30.9 Å². The van der Waals surface area contributed by atoms with Gasteiger partial charge in [0.25, 0.3) is 0 Å². The van der Waals surface area contributed by atoms with Crippen LogP contribution in [0.3, 0.4) is 0 Å². The number of rotatable bonds is 8. The molecule has 3 heteroatoms. The molecular formula is C13H21N3. The number of allylic oxidation sites excluding steroid dienone is 1. The van der Waals surface area contributed by atoms with Crippen LogP contribution in [0.4, 0.5) is 0 Å². The number of aromatic nitrogens is 2. The van der Waals surface area contributed by atoms with Gasteiger partial charge in [0, 0.05) is 31.1 Å². The van der Waals surface area contributed by atoms with Gasteiger partial charge in [-0.2, -0.15) is 0 Å². The van der Waals surface area contributed by atoms with E-state index in [-0.39, 0.29) is 0 Å². The minimum atomic E-state index is 0.862. The Balaban J connectivity index is 2.11. The van der Waals surface area contributed by atoms with Crippen molar-refractivity contribution >= 4 is 0 Å². The fraction of sp³-hybridized carbons (Fsp3) is 0.538. The standard InChI is InChI=1S/C13H21N3/c1-3-4-5-9-14-12(2)7-8-13-15-10-6-11-16-13/h6,10-11,14H,2-5,7-9H2,1H3. The second-order valence-electron chi connectivity index (χ2n) is 3.90. The van der Waals surface area contributed by atoms with Crippen molar-refractivity contribution in [2.45, 2.75) is 39.0 Å². The molecule has 0 aliphatic rings. The Kier molecular flexibility index (Phi) is 6.23. The normalized spacial score (nSPS) is 10.1. The van der Waals surface area contributed by atoms with Crippen LogP contribution < -0.4 is 5.32 Å². The number of aryl methyl sites for hydroxylation is 1. The van der Waals surface area contributed by atoms with Crippen LogP contribution in [0.1, 0.15) is 38.4 Å². The van der Waals surface area contributed by atoms with E-state index in [4.69, 9.17) is 0 Å². The zero-order valence-electron chi connectivity index (χ0n) is 10.1. The molecule has 1 rings (SSSR count). The minimum Gasteiger partial charge on any atom is -0.389 e. The maximum Gasteiger partial charge on any atom is 0.128 e. The van der Waals surface area contributed by atoms with E-state index in [1.165, 1.54) is 19.3 Å². The van der Waals surface area contributed by atoms with Crippen molar-refractivity contribution in [3.05, 3.63) is 36.6 Å². The second kappa shape index (κ2) is 7.85. The van der Waals surface area contributed by atoms with Gasteiger partial charge < -0.3 is 5.32 Å². The first kappa shape index (κ1) is 12.7. The van der Waals surface area contributed by atoms with Gasteiger partial charge in [0.2, 0.25) is 0 Å². The van der Waals surface area contributed by atoms with Gasteiger partial charge in [-0.1, -0.05) is 26.3 Å². The molecule has 1 N–H and O–H groups in total. The fourth-order valence-corrected chi connectivity index (χ4v) is 1.45. The number of nitrogens with zero attached hydrogens (tertiary/aromatic N) is 2. The van der Waals surface area contributed by atoms with E-state index >= 15 is 0 Å². The zero-order valence-corrected chi connectivity index (χ0v) is 10.1. The summed E-state index contributed by atoms with van der Waals surface area (Å²) in [4.78, 5) is 8.36. The summed E-state index contributed by atoms with van der Waals surface area (Å²) in [5.74, 6) is 0.888. The molecule has 0 spiro atoms. The Morgan fingerprint density at radius 3 is 2.75 bits per heavy atom. The molecule has 16 heavy (non-hydrogen) atoms. The lowest BCUT2D eigenvalue weighted by atomic mass is 10.2. The van der Waals surface area contributed by atoms with Crippen LogP contribution >= 0.6 is 0 Å². The Bertz CT molecular complexity index is 295. The van der Waals surface area contributed by atoms with Crippen LogP contribution in [0, 0.1) is 0 Å². The zero-order chi connectivity index (χ0) is 11.6. The van der Waals surface area contributed by atoms with E-state index in [1.807, 2.05) is 6.07 Å². The molecule has 0 fully saturated rings. The SMILES string of the molecule is C=C(CCc1ncccn1)NCCCCC. The van der Waals surface area contributed by atoms with Gasteiger partial charge in [-0.25, -0.2) is 9.97 Å². The van der Waals surface area contributed by atoms with Gasteiger partial charge >= 0.3 is 0 Å². The Hall–Kier alpha value is -1.38. The van der Waals surface area contributed by atoms with Crippen molar-refractivity contribution in [3.63, 3.8) is 0 Å². The topological polar surface area (TPSA) is 37.8 Å². The lowest BCUT2D eigenvalue weighted by Crippen LogP contribution is -2.14. The third-order valence-electron chi connectivity index (χ3n) is 2.42. The highest BCUT2D eigenvalue weighted by atomic mass is 14.9. The van der Waals surface area contributed by atoms with Crippen LogP contribution in [0.15, 0.2) is 30.7 Å². The maximum atomic E-state index is 4.18. The van der Waals surface area contributed by atoms with E-state index in [2.05, 4.69) is 28.8 Å². The Morgan fingerprint density at radius 2 is 2.06 bits per heavy atom. The van der Waals surface area contributed by atoms with E-state index < -0.39 is 0 Å². The highest BCUT2D eigenvalue weighted by Crippen LogP contribution is 2.01. The predicted octanol–water partition coefficient (Wildman–Crippen LogP) is 2.70. The van der Waals surface area contributed by atoms with E-state index in [1.54, 1.807) is 12.4 Å². The summed E-state index contributed by atoms with van der Waals surface area (Å²) in [5, 5.41) is 3.34. The molecule has 0 bridgehead atoms. The molecule has 3 nitrogen and oxygen atoms in total. The fourth-order valence-electron chi connectivity index (χ4n) is 1.45. The van der Waals surface area contributed by atoms with E-state index in [9.17, 15) is 0 Å². The van der Waals surface area contributed by atoms with Crippen LogP contribution in [-0.2, 0) is 6.42 Å². The Morgan fingerprint density at radius 1 is 1.31 bits per heavy atom. The molecule has 0 saturated carbocycles. The Labute approximate surface area is 98.0 Å². The predicted molar refractivity (Wildman–Crippen MR) is 67.0 cm³/mol. The molecule has 0 radical (unpaired) electrons. The third kappa shape index (κ3) is 5.49. The van der Waals surface area contributed by atoms with Crippen molar-refractivity contribution in [3.8, 4) is 0 Å². The van der Waals surface area contributed by atoms with E-state index in [0.29, 0.717) is 0 Å². The maximum absolute atomic E-state index is 4.18. The van der Waals surface area contributed by atoms with Crippen molar-refractivity contribution in [1.29, 1.82) is 0 Å². The summed E-state index contributed by atoms with van der Waals surface area (Å²) in [7, 11) is 0. The highest BCUT2D eigenvalue weighted by Gasteiger charge is 1.97. The van der Waals surface area contributed by atoms with Gasteiger partial charge in [0.05, 0.1) is 0 Å². The molecule has 0 unspecified atom stereocenters. The average molecular weight is 219 g/mol. The summed E-state index contributed by atoms with van der Waals surface area (Å²) in [6, 6.07) is 1.83. The summed E-state index contributed by atoms with van der Waals surface area (Å²) >= 11 is 0. The first-order valence-corrected chi connectivity index (χ1v) is 6.00. The lowest BCUT2D eigenvalue weighted by Gasteiger charge is -2.08. The summed E-state index contributed by atoms with van der Waals surface area (Å²) in [6.07, 6.45) is 9.08. The molecule has 0 aromatic carbocycles. The molecule has 0 saturated heterocycles. The number of hydrogen-bond donors (Lipinski definition) is 1. The molecule has 88 valence electrons. The molecule has 1 aromatic rings. The van der Waals surface area contributed by atoms with Crippen molar-refractivity contribution in [2.24, 2.45) is 0 Å². The van der Waals surface area contributed by atoms with Gasteiger partial charge in [0.15, 0.2) is 0 Å². The van der Waals surface area contributed by atoms with Gasteiger partial charge in [-0.05, 0) is 18.9 Å². The molecule has 0 atom stereocenters. The molecule has 0 aliphatic heterocycles. The molecule has 0 aliphatic carbocycles. The number of nitrogens with one attached hydrogen (secondary N) is 1. The molecular weight excluding hydrogens is 198 g/mol. The molecule has 1 heterocycles. The first-order valence-electron chi connectivity index (χ1n) is 6.00. The molecule has 0 amide bonds. The van der Waals surface area contributed by atoms with Crippen LogP contribution in [0.25, 0.3) is 0 Å². The monoisotopic (exact) mass is 219 g/mol. The van der Waals surface area contributed by atoms with Crippen LogP contribution in [0.5, 0.6) is 0 Å². The van der Waals surface area contributed by atoms with Gasteiger partial charge in [-0.3, -0.25) is 0 Å². The smallest absolute Gasteiger partial charge is 0.128 e. The lowest BCUT2D eigenvalue weighted by molar-refractivity contribution is 0.649. The van der Waals surface area contributed by atoms with Crippen molar-refractivity contribution in [2.75, 3.05) is 6.54 Å². The third-order valence-corrected chi connectivity index (χ3v) is 2.42. The van der Waals surface area contributed by atoms with Crippen molar-refractivity contribution in [1.82, 2.24) is 15.3 Å². The highest BCUT2D eigenvalue weighted by molar-refractivity contribution is 4.96. The van der Waals surface area contributed by atoms with Crippen LogP contribution in [-0.4, -0.2) is 16.5 Å². The number of hydrogen-bond acceptors (Lipinski definition) is 3. The van der Waals surface area contributed by atoms with Gasteiger partial charge in [-0.15, -0.1) is 0 Å².